The Labute approximate surface area is 117 Å². The van der Waals surface area contributed by atoms with E-state index in [-0.39, 0.29) is 18.4 Å². The van der Waals surface area contributed by atoms with Crippen LogP contribution in [0.1, 0.15) is 12.5 Å². The molecular weight excluding hydrogens is 318 g/mol. The largest absolute Gasteiger partial charge is 0.493 e. The van der Waals surface area contributed by atoms with Gasteiger partial charge in [-0.25, -0.2) is 8.42 Å². The van der Waals surface area contributed by atoms with E-state index in [1.165, 1.54) is 6.26 Å². The van der Waals surface area contributed by atoms with E-state index in [1.807, 2.05) is 19.1 Å². The molecule has 0 aliphatic carbocycles. The highest BCUT2D eigenvalue weighted by Gasteiger charge is 2.07. The van der Waals surface area contributed by atoms with Crippen LogP contribution in [-0.4, -0.2) is 33.1 Å². The first-order valence-electron chi connectivity index (χ1n) is 5.62. The molecule has 0 heterocycles. The monoisotopic (exact) mass is 335 g/mol. The third-order valence-corrected chi connectivity index (χ3v) is 3.96. The summed E-state index contributed by atoms with van der Waals surface area (Å²) >= 11 is 3.45. The van der Waals surface area contributed by atoms with Crippen molar-refractivity contribution in [3.05, 3.63) is 28.2 Å². The summed E-state index contributed by atoms with van der Waals surface area (Å²) in [4.78, 5) is 0. The fraction of sp³-hybridized carbons (Fsp3) is 0.500. The van der Waals surface area contributed by atoms with Gasteiger partial charge in [-0.1, -0.05) is 15.9 Å². The SMILES string of the molecule is CC(N)Cc1cc(OCCS(C)(=O)=O)ccc1Br. The number of hydrogen-bond donors (Lipinski definition) is 1. The van der Waals surface area contributed by atoms with Gasteiger partial charge in [-0.3, -0.25) is 0 Å². The first-order valence-corrected chi connectivity index (χ1v) is 8.48. The first-order chi connectivity index (χ1) is 8.28. The van der Waals surface area contributed by atoms with E-state index < -0.39 is 9.84 Å². The van der Waals surface area contributed by atoms with Crippen molar-refractivity contribution < 1.29 is 13.2 Å². The van der Waals surface area contributed by atoms with E-state index in [0.717, 1.165) is 16.5 Å². The van der Waals surface area contributed by atoms with Gasteiger partial charge < -0.3 is 10.5 Å². The van der Waals surface area contributed by atoms with Crippen LogP contribution in [0.2, 0.25) is 0 Å². The molecule has 1 atom stereocenters. The Morgan fingerprint density at radius 1 is 1.44 bits per heavy atom. The second kappa shape index (κ2) is 6.54. The molecule has 0 aliphatic rings. The van der Waals surface area contributed by atoms with Gasteiger partial charge in [0.2, 0.25) is 0 Å². The molecular formula is C12H18BrNO3S. The quantitative estimate of drug-likeness (QED) is 0.859. The second-order valence-electron chi connectivity index (χ2n) is 4.41. The van der Waals surface area contributed by atoms with Crippen LogP contribution in [-0.2, 0) is 16.3 Å². The van der Waals surface area contributed by atoms with E-state index in [9.17, 15) is 8.42 Å². The molecule has 0 spiro atoms. The zero-order chi connectivity index (χ0) is 13.8. The zero-order valence-corrected chi connectivity index (χ0v) is 12.9. The molecule has 0 fully saturated rings. The van der Waals surface area contributed by atoms with Crippen LogP contribution in [0.25, 0.3) is 0 Å². The molecule has 0 saturated heterocycles. The van der Waals surface area contributed by atoms with Crippen molar-refractivity contribution in [2.75, 3.05) is 18.6 Å². The fourth-order valence-electron chi connectivity index (χ4n) is 1.46. The minimum Gasteiger partial charge on any atom is -0.493 e. The van der Waals surface area contributed by atoms with Crippen LogP contribution in [0.4, 0.5) is 0 Å². The van der Waals surface area contributed by atoms with Gasteiger partial charge in [0.25, 0.3) is 0 Å². The lowest BCUT2D eigenvalue weighted by Crippen LogP contribution is -2.18. The fourth-order valence-corrected chi connectivity index (χ4v) is 2.25. The molecule has 2 N–H and O–H groups in total. The van der Waals surface area contributed by atoms with Crippen molar-refractivity contribution in [3.63, 3.8) is 0 Å². The van der Waals surface area contributed by atoms with Crippen LogP contribution in [0.15, 0.2) is 22.7 Å². The average molecular weight is 336 g/mol. The van der Waals surface area contributed by atoms with E-state index in [0.29, 0.717) is 5.75 Å². The summed E-state index contributed by atoms with van der Waals surface area (Å²) in [6.07, 6.45) is 1.93. The Hall–Kier alpha value is -0.590. The highest BCUT2D eigenvalue weighted by atomic mass is 79.9. The van der Waals surface area contributed by atoms with Crippen LogP contribution < -0.4 is 10.5 Å². The molecule has 0 amide bonds. The number of sulfone groups is 1. The normalized spacial score (nSPS) is 13.3. The molecule has 0 aromatic heterocycles. The molecule has 0 bridgehead atoms. The van der Waals surface area contributed by atoms with E-state index in [1.54, 1.807) is 6.07 Å². The highest BCUT2D eigenvalue weighted by Crippen LogP contribution is 2.23. The summed E-state index contributed by atoms with van der Waals surface area (Å²) in [6.45, 7) is 2.10. The first kappa shape index (κ1) is 15.5. The molecule has 4 nitrogen and oxygen atoms in total. The molecule has 1 unspecified atom stereocenters. The lowest BCUT2D eigenvalue weighted by Gasteiger charge is -2.11. The Balaban J connectivity index is 2.67. The summed E-state index contributed by atoms with van der Waals surface area (Å²) in [5.41, 5.74) is 6.82. The van der Waals surface area contributed by atoms with Crippen molar-refractivity contribution in [1.82, 2.24) is 0 Å². The molecule has 0 radical (unpaired) electrons. The average Bonchev–Trinajstić information content (AvgIpc) is 2.20. The van der Waals surface area contributed by atoms with Gasteiger partial charge in [0.15, 0.2) is 9.84 Å². The molecule has 1 aromatic carbocycles. The Bertz CT molecular complexity index is 500. The zero-order valence-electron chi connectivity index (χ0n) is 10.5. The maximum atomic E-state index is 11.0. The lowest BCUT2D eigenvalue weighted by atomic mass is 10.1. The smallest absolute Gasteiger partial charge is 0.150 e. The van der Waals surface area contributed by atoms with Gasteiger partial charge in [-0.05, 0) is 37.1 Å². The molecule has 102 valence electrons. The van der Waals surface area contributed by atoms with Crippen molar-refractivity contribution >= 4 is 25.8 Å². The van der Waals surface area contributed by atoms with Gasteiger partial charge in [0.05, 0.1) is 5.75 Å². The number of ether oxygens (including phenoxy) is 1. The van der Waals surface area contributed by atoms with Crippen LogP contribution >= 0.6 is 15.9 Å². The number of benzene rings is 1. The van der Waals surface area contributed by atoms with Gasteiger partial charge in [-0.15, -0.1) is 0 Å². The number of nitrogens with two attached hydrogens (primary N) is 1. The minimum absolute atomic E-state index is 0.0195. The van der Waals surface area contributed by atoms with Crippen LogP contribution in [0.3, 0.4) is 0 Å². The molecule has 0 aliphatic heterocycles. The summed E-state index contributed by atoms with van der Waals surface area (Å²) in [5, 5.41) is 0. The molecule has 0 saturated carbocycles. The Kier molecular flexibility index (Phi) is 5.62. The predicted octanol–water partition coefficient (Wildman–Crippen LogP) is 1.76. The molecule has 18 heavy (non-hydrogen) atoms. The minimum atomic E-state index is -2.99. The van der Waals surface area contributed by atoms with Gasteiger partial charge in [0.1, 0.15) is 12.4 Å². The standard InChI is InChI=1S/C12H18BrNO3S/c1-9(14)7-10-8-11(3-4-12(10)13)17-5-6-18(2,15)16/h3-4,8-9H,5-7,14H2,1-2H3. The maximum Gasteiger partial charge on any atom is 0.150 e. The highest BCUT2D eigenvalue weighted by molar-refractivity contribution is 9.10. The van der Waals surface area contributed by atoms with E-state index in [2.05, 4.69) is 15.9 Å². The predicted molar refractivity (Wildman–Crippen MR) is 76.7 cm³/mol. The summed E-state index contributed by atoms with van der Waals surface area (Å²) in [6, 6.07) is 5.63. The van der Waals surface area contributed by atoms with Crippen LogP contribution in [0.5, 0.6) is 5.75 Å². The number of hydrogen-bond acceptors (Lipinski definition) is 4. The molecule has 1 aromatic rings. The number of halogens is 1. The maximum absolute atomic E-state index is 11.0. The van der Waals surface area contributed by atoms with Gasteiger partial charge >= 0.3 is 0 Å². The molecule has 6 heteroatoms. The second-order valence-corrected chi connectivity index (χ2v) is 7.53. The number of rotatable bonds is 6. The van der Waals surface area contributed by atoms with E-state index in [4.69, 9.17) is 10.5 Å². The third kappa shape index (κ3) is 5.84. The van der Waals surface area contributed by atoms with Crippen molar-refractivity contribution in [2.24, 2.45) is 5.73 Å². The van der Waals surface area contributed by atoms with Crippen molar-refractivity contribution in [2.45, 2.75) is 19.4 Å². The molecule has 1 rings (SSSR count). The van der Waals surface area contributed by atoms with E-state index >= 15 is 0 Å². The summed E-state index contributed by atoms with van der Waals surface area (Å²) in [7, 11) is -2.99. The van der Waals surface area contributed by atoms with Crippen molar-refractivity contribution in [3.8, 4) is 5.75 Å². The third-order valence-electron chi connectivity index (χ3n) is 2.28. The van der Waals surface area contributed by atoms with Crippen molar-refractivity contribution in [1.29, 1.82) is 0 Å². The van der Waals surface area contributed by atoms with Gasteiger partial charge in [-0.2, -0.15) is 0 Å². The lowest BCUT2D eigenvalue weighted by molar-refractivity contribution is 0.340. The summed E-state index contributed by atoms with van der Waals surface area (Å²) in [5.74, 6) is 0.684. The Morgan fingerprint density at radius 2 is 2.11 bits per heavy atom. The van der Waals surface area contributed by atoms with Gasteiger partial charge in [0, 0.05) is 16.8 Å². The topological polar surface area (TPSA) is 69.4 Å². The Morgan fingerprint density at radius 3 is 2.67 bits per heavy atom. The van der Waals surface area contributed by atoms with Crippen LogP contribution in [0, 0.1) is 0 Å². The summed E-state index contributed by atoms with van der Waals surface area (Å²) < 4.78 is 28.4.